The number of carboxylic acids is 1. The summed E-state index contributed by atoms with van der Waals surface area (Å²) in [5, 5.41) is 9.14. The van der Waals surface area contributed by atoms with Gasteiger partial charge in [-0.15, -0.1) is 6.58 Å². The van der Waals surface area contributed by atoms with Crippen LogP contribution in [0.3, 0.4) is 0 Å². The highest BCUT2D eigenvalue weighted by atomic mass is 19.1. The summed E-state index contributed by atoms with van der Waals surface area (Å²) in [6.45, 7) is 5.08. The molecular formula is C12H13FO2. The van der Waals surface area contributed by atoms with Crippen molar-refractivity contribution >= 4 is 5.97 Å². The number of carboxylic acid groups (broad SMARTS) is 1. The van der Waals surface area contributed by atoms with E-state index < -0.39 is 17.2 Å². The molecule has 1 aromatic carbocycles. The van der Waals surface area contributed by atoms with Crippen molar-refractivity contribution in [1.29, 1.82) is 0 Å². The lowest BCUT2D eigenvalue weighted by atomic mass is 9.79. The number of carbonyl (C=O) groups is 1. The fourth-order valence-corrected chi connectivity index (χ4v) is 1.45. The van der Waals surface area contributed by atoms with Crippen LogP contribution >= 0.6 is 0 Å². The van der Waals surface area contributed by atoms with Crippen LogP contribution in [-0.4, -0.2) is 11.1 Å². The molecule has 0 aromatic heterocycles. The minimum Gasteiger partial charge on any atom is -0.481 e. The first-order valence-corrected chi connectivity index (χ1v) is 4.61. The highest BCUT2D eigenvalue weighted by Gasteiger charge is 2.33. The molecule has 0 radical (unpaired) electrons. The SMILES string of the molecule is C=CCC(C)(C(=O)O)c1cccc(F)c1. The zero-order valence-corrected chi connectivity index (χ0v) is 8.53. The molecule has 1 atom stereocenters. The van der Waals surface area contributed by atoms with Crippen molar-refractivity contribution in [2.45, 2.75) is 18.8 Å². The molecule has 0 saturated carbocycles. The van der Waals surface area contributed by atoms with Crippen LogP contribution in [0.1, 0.15) is 18.9 Å². The predicted molar refractivity (Wildman–Crippen MR) is 56.2 cm³/mol. The lowest BCUT2D eigenvalue weighted by molar-refractivity contribution is -0.143. The minimum absolute atomic E-state index is 0.270. The molecule has 3 heteroatoms. The van der Waals surface area contributed by atoms with E-state index in [2.05, 4.69) is 6.58 Å². The minimum atomic E-state index is -1.11. The van der Waals surface area contributed by atoms with Crippen LogP contribution in [0.25, 0.3) is 0 Å². The van der Waals surface area contributed by atoms with Crippen LogP contribution in [-0.2, 0) is 10.2 Å². The van der Waals surface area contributed by atoms with Crippen molar-refractivity contribution < 1.29 is 14.3 Å². The van der Waals surface area contributed by atoms with Crippen LogP contribution in [0, 0.1) is 5.82 Å². The normalized spacial score (nSPS) is 14.3. The molecule has 0 heterocycles. The molecule has 1 N–H and O–H groups in total. The summed E-state index contributed by atoms with van der Waals surface area (Å²) in [6.07, 6.45) is 1.80. The molecule has 0 aliphatic carbocycles. The van der Waals surface area contributed by atoms with Gasteiger partial charge in [-0.25, -0.2) is 4.39 Å². The predicted octanol–water partition coefficient (Wildman–Crippen LogP) is 2.74. The van der Waals surface area contributed by atoms with E-state index in [0.29, 0.717) is 5.56 Å². The highest BCUT2D eigenvalue weighted by molar-refractivity contribution is 5.81. The molecule has 0 amide bonds. The van der Waals surface area contributed by atoms with Crippen molar-refractivity contribution in [3.05, 3.63) is 48.3 Å². The fourth-order valence-electron chi connectivity index (χ4n) is 1.45. The van der Waals surface area contributed by atoms with E-state index in [1.165, 1.54) is 24.3 Å². The van der Waals surface area contributed by atoms with Gasteiger partial charge in [-0.2, -0.15) is 0 Å². The van der Waals surface area contributed by atoms with E-state index in [1.54, 1.807) is 13.0 Å². The van der Waals surface area contributed by atoms with Crippen molar-refractivity contribution in [2.75, 3.05) is 0 Å². The molecule has 0 fully saturated rings. The molecule has 1 rings (SSSR count). The molecule has 15 heavy (non-hydrogen) atoms. The van der Waals surface area contributed by atoms with E-state index in [4.69, 9.17) is 5.11 Å². The molecule has 80 valence electrons. The lowest BCUT2D eigenvalue weighted by Gasteiger charge is -2.23. The van der Waals surface area contributed by atoms with E-state index >= 15 is 0 Å². The van der Waals surface area contributed by atoms with Crippen molar-refractivity contribution in [1.82, 2.24) is 0 Å². The Bertz CT molecular complexity index is 387. The molecule has 0 aliphatic rings. The quantitative estimate of drug-likeness (QED) is 0.772. The van der Waals surface area contributed by atoms with Crippen molar-refractivity contribution in [3.63, 3.8) is 0 Å². The summed E-state index contributed by atoms with van der Waals surface area (Å²) in [4.78, 5) is 11.2. The zero-order chi connectivity index (χ0) is 11.5. The molecule has 0 spiro atoms. The number of hydrogen-bond acceptors (Lipinski definition) is 1. The van der Waals surface area contributed by atoms with Gasteiger partial charge in [0, 0.05) is 0 Å². The Labute approximate surface area is 88.1 Å². The Morgan fingerprint density at radius 3 is 2.80 bits per heavy atom. The van der Waals surface area contributed by atoms with Crippen LogP contribution in [0.5, 0.6) is 0 Å². The smallest absolute Gasteiger partial charge is 0.314 e. The Hall–Kier alpha value is -1.64. The maximum absolute atomic E-state index is 13.0. The third-order valence-electron chi connectivity index (χ3n) is 2.49. The van der Waals surface area contributed by atoms with Crippen LogP contribution in [0.2, 0.25) is 0 Å². The van der Waals surface area contributed by atoms with Gasteiger partial charge in [0.1, 0.15) is 5.82 Å². The van der Waals surface area contributed by atoms with Gasteiger partial charge in [0.2, 0.25) is 0 Å². The van der Waals surface area contributed by atoms with E-state index in [1.807, 2.05) is 0 Å². The maximum atomic E-state index is 13.0. The lowest BCUT2D eigenvalue weighted by Crippen LogP contribution is -2.31. The standard InChI is InChI=1S/C12H13FO2/c1-3-7-12(2,11(14)15)9-5-4-6-10(13)8-9/h3-6,8H,1,7H2,2H3,(H,14,15). The second-order valence-electron chi connectivity index (χ2n) is 3.64. The van der Waals surface area contributed by atoms with Gasteiger partial charge < -0.3 is 5.11 Å². The third kappa shape index (κ3) is 2.24. The van der Waals surface area contributed by atoms with Crippen LogP contribution in [0.15, 0.2) is 36.9 Å². The fraction of sp³-hybridized carbons (Fsp3) is 0.250. The molecule has 0 aliphatic heterocycles. The third-order valence-corrected chi connectivity index (χ3v) is 2.49. The van der Waals surface area contributed by atoms with Crippen molar-refractivity contribution in [3.8, 4) is 0 Å². The van der Waals surface area contributed by atoms with E-state index in [0.717, 1.165) is 0 Å². The second kappa shape index (κ2) is 4.26. The van der Waals surface area contributed by atoms with Gasteiger partial charge in [0.05, 0.1) is 5.41 Å². The van der Waals surface area contributed by atoms with Gasteiger partial charge in [-0.05, 0) is 31.0 Å². The number of halogens is 1. The van der Waals surface area contributed by atoms with Gasteiger partial charge in [0.15, 0.2) is 0 Å². The van der Waals surface area contributed by atoms with Crippen LogP contribution in [0.4, 0.5) is 4.39 Å². The average molecular weight is 208 g/mol. The highest BCUT2D eigenvalue weighted by Crippen LogP contribution is 2.28. The summed E-state index contributed by atoms with van der Waals surface area (Å²) in [6, 6.07) is 5.66. The molecule has 0 saturated heterocycles. The molecule has 2 nitrogen and oxygen atoms in total. The molecular weight excluding hydrogens is 195 g/mol. The summed E-state index contributed by atoms with van der Waals surface area (Å²) < 4.78 is 13.0. The number of hydrogen-bond donors (Lipinski definition) is 1. The topological polar surface area (TPSA) is 37.3 Å². The summed E-state index contributed by atoms with van der Waals surface area (Å²) in [5.74, 6) is -1.41. The van der Waals surface area contributed by atoms with Crippen molar-refractivity contribution in [2.24, 2.45) is 0 Å². The summed E-state index contributed by atoms with van der Waals surface area (Å²) in [7, 11) is 0. The Morgan fingerprint density at radius 1 is 1.67 bits per heavy atom. The average Bonchev–Trinajstić information content (AvgIpc) is 2.17. The first-order chi connectivity index (χ1) is 7.00. The van der Waals surface area contributed by atoms with E-state index in [9.17, 15) is 9.18 Å². The first kappa shape index (κ1) is 11.4. The van der Waals surface area contributed by atoms with Gasteiger partial charge >= 0.3 is 5.97 Å². The maximum Gasteiger partial charge on any atom is 0.314 e. The Morgan fingerprint density at radius 2 is 2.33 bits per heavy atom. The summed E-state index contributed by atoms with van der Waals surface area (Å²) >= 11 is 0. The summed E-state index contributed by atoms with van der Waals surface area (Å²) in [5.41, 5.74) is -0.654. The molecule has 0 bridgehead atoms. The number of aliphatic carboxylic acids is 1. The number of allylic oxidation sites excluding steroid dienone is 1. The molecule has 1 unspecified atom stereocenters. The monoisotopic (exact) mass is 208 g/mol. The van der Waals surface area contributed by atoms with Gasteiger partial charge in [0.25, 0.3) is 0 Å². The Balaban J connectivity index is 3.20. The van der Waals surface area contributed by atoms with Crippen LogP contribution < -0.4 is 0 Å². The zero-order valence-electron chi connectivity index (χ0n) is 8.53. The Kier molecular flexibility index (Phi) is 3.24. The van der Waals surface area contributed by atoms with Gasteiger partial charge in [-0.3, -0.25) is 4.79 Å². The second-order valence-corrected chi connectivity index (χ2v) is 3.64. The largest absolute Gasteiger partial charge is 0.481 e. The molecule has 1 aromatic rings. The number of benzene rings is 1. The van der Waals surface area contributed by atoms with E-state index in [-0.39, 0.29) is 6.42 Å². The van der Waals surface area contributed by atoms with Gasteiger partial charge in [-0.1, -0.05) is 18.2 Å². The first-order valence-electron chi connectivity index (χ1n) is 4.61. The number of rotatable bonds is 4.